The van der Waals surface area contributed by atoms with Crippen LogP contribution in [-0.4, -0.2) is 27.5 Å². The topological polar surface area (TPSA) is 37.8 Å². The highest BCUT2D eigenvalue weighted by Gasteiger charge is 2.04. The summed E-state index contributed by atoms with van der Waals surface area (Å²) in [5.41, 5.74) is 0.986. The summed E-state index contributed by atoms with van der Waals surface area (Å²) in [5, 5.41) is 4.40. The number of anilines is 1. The number of hydrogen-bond donors (Lipinski definition) is 1. The second-order valence-corrected chi connectivity index (χ2v) is 5.28. The average molecular weight is 247 g/mol. The Morgan fingerprint density at radius 3 is 3.00 bits per heavy atom. The number of nitrogens with zero attached hydrogens (tertiary/aromatic N) is 2. The fraction of sp³-hybridized carbons (Fsp3) is 0.385. The van der Waals surface area contributed by atoms with Crippen LogP contribution in [0.2, 0.25) is 0 Å². The summed E-state index contributed by atoms with van der Waals surface area (Å²) in [6, 6.07) is 8.42. The van der Waals surface area contributed by atoms with Crippen LogP contribution in [0.25, 0.3) is 10.9 Å². The molecule has 4 heteroatoms. The molecule has 0 aliphatic heterocycles. The molecule has 17 heavy (non-hydrogen) atoms. The summed E-state index contributed by atoms with van der Waals surface area (Å²) in [4.78, 5) is 8.82. The highest BCUT2D eigenvalue weighted by atomic mass is 32.2. The molecular formula is C13H17N3S. The van der Waals surface area contributed by atoms with E-state index >= 15 is 0 Å². The lowest BCUT2D eigenvalue weighted by Crippen LogP contribution is -2.19. The molecule has 1 unspecified atom stereocenters. The van der Waals surface area contributed by atoms with Crippen LogP contribution in [0.15, 0.2) is 30.5 Å². The van der Waals surface area contributed by atoms with E-state index < -0.39 is 0 Å². The Labute approximate surface area is 106 Å². The van der Waals surface area contributed by atoms with E-state index in [9.17, 15) is 0 Å². The van der Waals surface area contributed by atoms with Crippen LogP contribution in [0.5, 0.6) is 0 Å². The Kier molecular flexibility index (Phi) is 4.20. The second-order valence-electron chi connectivity index (χ2n) is 3.96. The van der Waals surface area contributed by atoms with Crippen LogP contribution < -0.4 is 5.32 Å². The fourth-order valence-electron chi connectivity index (χ4n) is 1.60. The van der Waals surface area contributed by atoms with Gasteiger partial charge in [0.1, 0.15) is 0 Å². The van der Waals surface area contributed by atoms with Gasteiger partial charge in [0.25, 0.3) is 0 Å². The number of fused-ring (bicyclic) bond motifs is 1. The van der Waals surface area contributed by atoms with Gasteiger partial charge in [-0.05, 0) is 18.7 Å². The molecular weight excluding hydrogens is 230 g/mol. The molecule has 0 amide bonds. The number of thioether (sulfide) groups is 1. The van der Waals surface area contributed by atoms with Gasteiger partial charge in [-0.25, -0.2) is 9.97 Å². The molecule has 0 aliphatic rings. The third-order valence-electron chi connectivity index (χ3n) is 2.44. The zero-order chi connectivity index (χ0) is 12.1. The predicted octanol–water partition coefficient (Wildman–Crippen LogP) is 3.18. The normalized spacial score (nSPS) is 12.6. The largest absolute Gasteiger partial charge is 0.351 e. The number of rotatable bonds is 5. The van der Waals surface area contributed by atoms with Gasteiger partial charge >= 0.3 is 0 Å². The third kappa shape index (κ3) is 3.33. The van der Waals surface area contributed by atoms with Gasteiger partial charge in [-0.15, -0.1) is 0 Å². The van der Waals surface area contributed by atoms with Crippen LogP contribution in [0.3, 0.4) is 0 Å². The van der Waals surface area contributed by atoms with Gasteiger partial charge in [-0.3, -0.25) is 0 Å². The van der Waals surface area contributed by atoms with Crippen molar-refractivity contribution in [1.29, 1.82) is 0 Å². The van der Waals surface area contributed by atoms with E-state index in [1.807, 2.05) is 42.2 Å². The molecule has 0 spiro atoms. The lowest BCUT2D eigenvalue weighted by molar-refractivity contribution is 0.890. The van der Waals surface area contributed by atoms with Gasteiger partial charge in [0.15, 0.2) is 0 Å². The summed E-state index contributed by atoms with van der Waals surface area (Å²) < 4.78 is 0. The van der Waals surface area contributed by atoms with Gasteiger partial charge in [0.05, 0.1) is 5.52 Å². The lowest BCUT2D eigenvalue weighted by atomic mass is 10.2. The van der Waals surface area contributed by atoms with Gasteiger partial charge < -0.3 is 5.32 Å². The van der Waals surface area contributed by atoms with Crippen LogP contribution >= 0.6 is 11.8 Å². The number of benzene rings is 1. The molecule has 3 nitrogen and oxygen atoms in total. The number of para-hydroxylation sites is 1. The highest BCUT2D eigenvalue weighted by Crippen LogP contribution is 2.13. The predicted molar refractivity (Wildman–Crippen MR) is 75.6 cm³/mol. The Hall–Kier alpha value is -1.29. The van der Waals surface area contributed by atoms with Gasteiger partial charge in [0.2, 0.25) is 5.95 Å². The number of aromatic nitrogens is 2. The minimum Gasteiger partial charge on any atom is -0.351 e. The summed E-state index contributed by atoms with van der Waals surface area (Å²) in [6.45, 7) is 4.32. The van der Waals surface area contributed by atoms with Crippen molar-refractivity contribution in [3.05, 3.63) is 30.5 Å². The van der Waals surface area contributed by atoms with E-state index in [-0.39, 0.29) is 0 Å². The Bertz CT molecular complexity index is 487. The first-order valence-corrected chi connectivity index (χ1v) is 7.01. The molecule has 0 saturated carbocycles. The Morgan fingerprint density at radius 2 is 2.18 bits per heavy atom. The van der Waals surface area contributed by atoms with Crippen molar-refractivity contribution in [1.82, 2.24) is 9.97 Å². The maximum absolute atomic E-state index is 4.49. The first-order chi connectivity index (χ1) is 8.29. The quantitative estimate of drug-likeness (QED) is 0.880. The molecule has 0 fully saturated rings. The maximum Gasteiger partial charge on any atom is 0.223 e. The highest BCUT2D eigenvalue weighted by molar-refractivity contribution is 7.99. The van der Waals surface area contributed by atoms with Gasteiger partial charge in [-0.1, -0.05) is 25.1 Å². The lowest BCUT2D eigenvalue weighted by Gasteiger charge is -2.12. The Balaban J connectivity index is 2.08. The minimum atomic E-state index is 0.390. The first kappa shape index (κ1) is 12.2. The number of hydrogen-bond acceptors (Lipinski definition) is 4. The van der Waals surface area contributed by atoms with E-state index in [1.165, 1.54) is 0 Å². The van der Waals surface area contributed by atoms with E-state index in [0.717, 1.165) is 22.4 Å². The molecule has 1 N–H and O–H groups in total. The molecule has 1 aromatic carbocycles. The smallest absolute Gasteiger partial charge is 0.223 e. The van der Waals surface area contributed by atoms with Crippen molar-refractivity contribution in [3.63, 3.8) is 0 Å². The molecule has 90 valence electrons. The van der Waals surface area contributed by atoms with Crippen molar-refractivity contribution in [2.45, 2.75) is 19.9 Å². The monoisotopic (exact) mass is 247 g/mol. The van der Waals surface area contributed by atoms with Crippen LogP contribution in [-0.2, 0) is 0 Å². The molecule has 2 aromatic rings. The first-order valence-electron chi connectivity index (χ1n) is 5.85. The molecule has 0 saturated heterocycles. The van der Waals surface area contributed by atoms with E-state index in [1.54, 1.807) is 0 Å². The third-order valence-corrected chi connectivity index (χ3v) is 3.58. The van der Waals surface area contributed by atoms with E-state index in [4.69, 9.17) is 0 Å². The van der Waals surface area contributed by atoms with Gasteiger partial charge in [-0.2, -0.15) is 11.8 Å². The maximum atomic E-state index is 4.49. The average Bonchev–Trinajstić information content (AvgIpc) is 2.36. The molecule has 1 heterocycles. The van der Waals surface area contributed by atoms with Crippen LogP contribution in [0.1, 0.15) is 13.8 Å². The summed E-state index contributed by atoms with van der Waals surface area (Å²) in [6.07, 6.45) is 1.87. The summed E-state index contributed by atoms with van der Waals surface area (Å²) in [7, 11) is 0. The standard InChI is InChI=1S/C13H17N3S/c1-3-17-9-10(2)15-13-14-8-11-6-4-5-7-12(11)16-13/h4-8,10H,3,9H2,1-2H3,(H,14,15,16). The van der Waals surface area contributed by atoms with E-state index in [2.05, 4.69) is 29.1 Å². The summed E-state index contributed by atoms with van der Waals surface area (Å²) in [5.74, 6) is 2.94. The number of nitrogens with one attached hydrogen (secondary N) is 1. The van der Waals surface area contributed by atoms with Crippen molar-refractivity contribution in [2.24, 2.45) is 0 Å². The van der Waals surface area contributed by atoms with Crippen molar-refractivity contribution in [3.8, 4) is 0 Å². The molecule has 0 radical (unpaired) electrons. The SMILES string of the molecule is CCSCC(C)Nc1ncc2ccccc2n1. The van der Waals surface area contributed by atoms with Crippen LogP contribution in [0, 0.1) is 0 Å². The molecule has 2 rings (SSSR count). The zero-order valence-electron chi connectivity index (χ0n) is 10.2. The zero-order valence-corrected chi connectivity index (χ0v) is 11.0. The molecule has 0 bridgehead atoms. The molecule has 1 aromatic heterocycles. The fourth-order valence-corrected chi connectivity index (χ4v) is 2.27. The van der Waals surface area contributed by atoms with E-state index in [0.29, 0.717) is 12.0 Å². The van der Waals surface area contributed by atoms with Crippen molar-refractivity contribution >= 4 is 28.6 Å². The molecule has 1 atom stereocenters. The second kappa shape index (κ2) is 5.87. The van der Waals surface area contributed by atoms with Gasteiger partial charge in [0, 0.05) is 23.4 Å². The van der Waals surface area contributed by atoms with Crippen molar-refractivity contribution < 1.29 is 0 Å². The summed E-state index contributed by atoms with van der Waals surface area (Å²) >= 11 is 1.92. The molecule has 0 aliphatic carbocycles. The van der Waals surface area contributed by atoms with Crippen molar-refractivity contribution in [2.75, 3.05) is 16.8 Å². The Morgan fingerprint density at radius 1 is 1.35 bits per heavy atom. The van der Waals surface area contributed by atoms with Crippen LogP contribution in [0.4, 0.5) is 5.95 Å². The minimum absolute atomic E-state index is 0.390.